The number of hydrogen-bond donors (Lipinski definition) is 3. The Morgan fingerprint density at radius 3 is 2.59 bits per heavy atom. The minimum atomic E-state index is -0.212. The quantitative estimate of drug-likeness (QED) is 0.686. The maximum Gasteiger partial charge on any atom is 0.269 e. The standard InChI is InChI=1S/C20H24N4O2S/c1-11(12-6-4-3-5-7-12)24-17(10-16(23-24)20(27)21-2)19(26)22-18-14-8-13(25)9-15(14)18/h3-7,10-11,13-15,18,25H,8-9H2,1-2H3,(H,21,27)(H,22,26)/t11?,13-,14-,15?,18+/m0/s1. The van der Waals surface area contributed by atoms with Gasteiger partial charge in [0.05, 0.1) is 12.1 Å². The highest BCUT2D eigenvalue weighted by molar-refractivity contribution is 7.80. The Morgan fingerprint density at radius 1 is 1.30 bits per heavy atom. The molecule has 2 unspecified atom stereocenters. The molecule has 1 aromatic heterocycles. The number of amides is 1. The number of carbonyl (C=O) groups is 1. The minimum absolute atomic E-state index is 0.0964. The Hall–Kier alpha value is -2.25. The second-order valence-corrected chi connectivity index (χ2v) is 7.89. The van der Waals surface area contributed by atoms with Crippen molar-refractivity contribution in [3.05, 3.63) is 53.3 Å². The summed E-state index contributed by atoms with van der Waals surface area (Å²) in [6.07, 6.45) is 1.35. The predicted molar refractivity (Wildman–Crippen MR) is 107 cm³/mol. The molecule has 0 radical (unpaired) electrons. The number of aromatic nitrogens is 2. The second kappa shape index (κ2) is 7.05. The topological polar surface area (TPSA) is 79.2 Å². The molecular weight excluding hydrogens is 360 g/mol. The molecule has 4 rings (SSSR count). The lowest BCUT2D eigenvalue weighted by Crippen LogP contribution is -2.32. The fourth-order valence-electron chi connectivity index (χ4n) is 4.22. The van der Waals surface area contributed by atoms with Crippen molar-refractivity contribution >= 4 is 23.1 Å². The summed E-state index contributed by atoms with van der Waals surface area (Å²) in [6, 6.07) is 11.8. The van der Waals surface area contributed by atoms with Crippen LogP contribution in [-0.2, 0) is 0 Å². The van der Waals surface area contributed by atoms with Crippen molar-refractivity contribution in [2.24, 2.45) is 11.8 Å². The van der Waals surface area contributed by atoms with Crippen molar-refractivity contribution in [2.45, 2.75) is 38.0 Å². The molecule has 142 valence electrons. The van der Waals surface area contributed by atoms with Gasteiger partial charge in [-0.25, -0.2) is 0 Å². The molecule has 27 heavy (non-hydrogen) atoms. The maximum absolute atomic E-state index is 13.0. The van der Waals surface area contributed by atoms with E-state index in [-0.39, 0.29) is 24.1 Å². The Balaban J connectivity index is 1.59. The number of aliphatic hydroxyl groups is 1. The Labute approximate surface area is 164 Å². The average molecular weight is 385 g/mol. The van der Waals surface area contributed by atoms with Crippen LogP contribution in [-0.4, -0.2) is 45.0 Å². The number of rotatable bonds is 5. The SMILES string of the molecule is CNC(=S)c1cc(C(=O)N[C@H]2C3C[C@@H](O)C[C@@H]32)n(C(C)c2ccccc2)n1. The molecule has 5 atom stereocenters. The molecule has 0 saturated heterocycles. The lowest BCUT2D eigenvalue weighted by molar-refractivity contribution is 0.0925. The van der Waals surface area contributed by atoms with Gasteiger partial charge < -0.3 is 15.7 Å². The third-order valence-electron chi connectivity index (χ3n) is 5.79. The third-order valence-corrected chi connectivity index (χ3v) is 6.21. The molecule has 0 spiro atoms. The highest BCUT2D eigenvalue weighted by Crippen LogP contribution is 2.52. The van der Waals surface area contributed by atoms with Crippen LogP contribution < -0.4 is 10.6 Å². The Bertz CT molecular complexity index is 854. The van der Waals surface area contributed by atoms with Crippen molar-refractivity contribution in [3.8, 4) is 0 Å². The van der Waals surface area contributed by atoms with E-state index in [0.29, 0.717) is 28.2 Å². The molecule has 2 aliphatic carbocycles. The number of fused-ring (bicyclic) bond motifs is 1. The molecular formula is C20H24N4O2S. The van der Waals surface area contributed by atoms with E-state index >= 15 is 0 Å². The highest BCUT2D eigenvalue weighted by Gasteiger charge is 2.56. The summed E-state index contributed by atoms with van der Waals surface area (Å²) in [5.74, 6) is 0.679. The van der Waals surface area contributed by atoms with Crippen molar-refractivity contribution in [1.82, 2.24) is 20.4 Å². The summed E-state index contributed by atoms with van der Waals surface area (Å²) in [6.45, 7) is 2.02. The number of benzene rings is 1. The van der Waals surface area contributed by atoms with E-state index in [2.05, 4.69) is 15.7 Å². The average Bonchev–Trinajstić information content (AvgIpc) is 3.07. The van der Waals surface area contributed by atoms with Gasteiger partial charge in [0, 0.05) is 13.1 Å². The van der Waals surface area contributed by atoms with E-state index in [1.54, 1.807) is 17.8 Å². The zero-order chi connectivity index (χ0) is 19.1. The number of nitrogens with one attached hydrogen (secondary N) is 2. The fourth-order valence-corrected chi connectivity index (χ4v) is 4.32. The van der Waals surface area contributed by atoms with Gasteiger partial charge in [-0.05, 0) is 43.2 Å². The van der Waals surface area contributed by atoms with E-state index in [9.17, 15) is 9.90 Å². The van der Waals surface area contributed by atoms with Crippen LogP contribution in [0.25, 0.3) is 0 Å². The molecule has 7 heteroatoms. The van der Waals surface area contributed by atoms with Gasteiger partial charge in [0.15, 0.2) is 0 Å². The molecule has 3 N–H and O–H groups in total. The summed E-state index contributed by atoms with van der Waals surface area (Å²) in [5, 5.41) is 20.3. The number of nitrogens with zero attached hydrogens (tertiary/aromatic N) is 2. The van der Waals surface area contributed by atoms with E-state index in [1.165, 1.54) is 0 Å². The summed E-state index contributed by atoms with van der Waals surface area (Å²) in [4.78, 5) is 13.5. The number of hydrogen-bond acceptors (Lipinski definition) is 4. The molecule has 2 aromatic rings. The van der Waals surface area contributed by atoms with Crippen molar-refractivity contribution < 1.29 is 9.90 Å². The first-order valence-corrected chi connectivity index (χ1v) is 9.76. The van der Waals surface area contributed by atoms with Crippen LogP contribution in [0.5, 0.6) is 0 Å². The second-order valence-electron chi connectivity index (χ2n) is 7.48. The van der Waals surface area contributed by atoms with Crippen LogP contribution in [0, 0.1) is 11.8 Å². The van der Waals surface area contributed by atoms with Gasteiger partial charge in [0.25, 0.3) is 5.91 Å². The van der Waals surface area contributed by atoms with Crippen LogP contribution in [0.3, 0.4) is 0 Å². The first kappa shape index (κ1) is 18.1. The van der Waals surface area contributed by atoms with E-state index in [0.717, 1.165) is 18.4 Å². The smallest absolute Gasteiger partial charge is 0.269 e. The van der Waals surface area contributed by atoms with Gasteiger partial charge in [-0.1, -0.05) is 42.5 Å². The molecule has 0 aliphatic heterocycles. The van der Waals surface area contributed by atoms with Crippen LogP contribution in [0.4, 0.5) is 0 Å². The predicted octanol–water partition coefficient (Wildman–Crippen LogP) is 1.89. The van der Waals surface area contributed by atoms with Crippen LogP contribution in [0.2, 0.25) is 0 Å². The molecule has 2 aliphatic rings. The van der Waals surface area contributed by atoms with Gasteiger partial charge in [0.2, 0.25) is 0 Å². The fraction of sp³-hybridized carbons (Fsp3) is 0.450. The van der Waals surface area contributed by atoms with Gasteiger partial charge in [0.1, 0.15) is 16.4 Å². The zero-order valence-electron chi connectivity index (χ0n) is 15.4. The highest BCUT2D eigenvalue weighted by atomic mass is 32.1. The summed E-state index contributed by atoms with van der Waals surface area (Å²) in [5.41, 5.74) is 2.17. The number of thiocarbonyl (C=S) groups is 1. The van der Waals surface area contributed by atoms with Crippen molar-refractivity contribution in [2.75, 3.05) is 7.05 Å². The summed E-state index contributed by atoms with van der Waals surface area (Å²) >= 11 is 5.32. The Kier molecular flexibility index (Phi) is 4.74. The molecule has 1 amide bonds. The third kappa shape index (κ3) is 3.37. The first-order valence-electron chi connectivity index (χ1n) is 9.35. The van der Waals surface area contributed by atoms with Crippen LogP contribution >= 0.6 is 12.2 Å². The van der Waals surface area contributed by atoms with Crippen LogP contribution in [0.1, 0.15) is 47.6 Å². The van der Waals surface area contributed by atoms with Gasteiger partial charge in [-0.2, -0.15) is 5.10 Å². The molecule has 6 nitrogen and oxygen atoms in total. The minimum Gasteiger partial charge on any atom is -0.393 e. The lowest BCUT2D eigenvalue weighted by atomic mass is 10.1. The first-order chi connectivity index (χ1) is 13.0. The summed E-state index contributed by atoms with van der Waals surface area (Å²) in [7, 11) is 1.75. The largest absolute Gasteiger partial charge is 0.393 e. The molecule has 1 heterocycles. The van der Waals surface area contributed by atoms with Crippen LogP contribution in [0.15, 0.2) is 36.4 Å². The number of carbonyl (C=O) groups excluding carboxylic acids is 1. The maximum atomic E-state index is 13.0. The zero-order valence-corrected chi connectivity index (χ0v) is 16.2. The van der Waals surface area contributed by atoms with Crippen molar-refractivity contribution in [1.29, 1.82) is 0 Å². The Morgan fingerprint density at radius 2 is 1.96 bits per heavy atom. The van der Waals surface area contributed by atoms with Gasteiger partial charge in [-0.15, -0.1) is 0 Å². The van der Waals surface area contributed by atoms with Crippen molar-refractivity contribution in [3.63, 3.8) is 0 Å². The van der Waals surface area contributed by atoms with Gasteiger partial charge in [-0.3, -0.25) is 9.48 Å². The molecule has 2 saturated carbocycles. The van der Waals surface area contributed by atoms with E-state index in [4.69, 9.17) is 12.2 Å². The monoisotopic (exact) mass is 384 g/mol. The van der Waals surface area contributed by atoms with Gasteiger partial charge >= 0.3 is 0 Å². The van der Waals surface area contributed by atoms with E-state index < -0.39 is 0 Å². The normalized spacial score (nSPS) is 26.9. The lowest BCUT2D eigenvalue weighted by Gasteiger charge is -2.16. The molecule has 0 bridgehead atoms. The summed E-state index contributed by atoms with van der Waals surface area (Å²) < 4.78 is 1.75. The number of aliphatic hydroxyl groups excluding tert-OH is 1. The van der Waals surface area contributed by atoms with E-state index in [1.807, 2.05) is 37.3 Å². The molecule has 2 fully saturated rings. The molecule has 1 aromatic carbocycles.